The van der Waals surface area contributed by atoms with E-state index in [-0.39, 0.29) is 0 Å². The van der Waals surface area contributed by atoms with E-state index in [1.54, 1.807) is 30.5 Å². The SMILES string of the molecule is CC(=O)N(C(=O)C1NCCO1)c1ccc(S(C)=O)cc1. The Bertz CT molecular complexity index is 538. The monoisotopic (exact) mass is 296 g/mol. The average molecular weight is 296 g/mol. The van der Waals surface area contributed by atoms with Gasteiger partial charge in [-0.3, -0.25) is 19.1 Å². The molecule has 0 aliphatic carbocycles. The van der Waals surface area contributed by atoms with E-state index in [0.29, 0.717) is 23.7 Å². The lowest BCUT2D eigenvalue weighted by Gasteiger charge is -2.22. The number of rotatable bonds is 3. The molecule has 108 valence electrons. The number of carbonyl (C=O) groups is 2. The third-order valence-corrected chi connectivity index (χ3v) is 3.84. The van der Waals surface area contributed by atoms with Gasteiger partial charge in [0.05, 0.1) is 12.3 Å². The normalized spacial score (nSPS) is 19.6. The number of hydrogen-bond acceptors (Lipinski definition) is 5. The molecule has 0 bridgehead atoms. The second kappa shape index (κ2) is 6.25. The van der Waals surface area contributed by atoms with Gasteiger partial charge in [0.15, 0.2) is 6.23 Å². The highest BCUT2D eigenvalue weighted by Crippen LogP contribution is 2.19. The Hall–Kier alpha value is -1.57. The zero-order valence-electron chi connectivity index (χ0n) is 11.3. The summed E-state index contributed by atoms with van der Waals surface area (Å²) < 4.78 is 16.6. The molecule has 2 rings (SSSR count). The topological polar surface area (TPSA) is 75.7 Å². The van der Waals surface area contributed by atoms with Crippen molar-refractivity contribution in [1.29, 1.82) is 0 Å². The highest BCUT2D eigenvalue weighted by Gasteiger charge is 2.31. The molecule has 7 heteroatoms. The van der Waals surface area contributed by atoms with Crippen LogP contribution in [0.4, 0.5) is 5.69 Å². The molecule has 1 fully saturated rings. The van der Waals surface area contributed by atoms with Crippen LogP contribution in [0.2, 0.25) is 0 Å². The zero-order valence-corrected chi connectivity index (χ0v) is 12.1. The van der Waals surface area contributed by atoms with Crippen molar-refractivity contribution in [3.05, 3.63) is 24.3 Å². The summed E-state index contributed by atoms with van der Waals surface area (Å²) in [6, 6.07) is 6.48. The molecule has 1 aromatic rings. The van der Waals surface area contributed by atoms with E-state index in [1.165, 1.54) is 6.92 Å². The van der Waals surface area contributed by atoms with Gasteiger partial charge in [-0.05, 0) is 24.3 Å². The van der Waals surface area contributed by atoms with Gasteiger partial charge in [-0.2, -0.15) is 0 Å². The lowest BCUT2D eigenvalue weighted by atomic mass is 10.2. The second-order valence-corrected chi connectivity index (χ2v) is 5.73. The minimum Gasteiger partial charge on any atom is -0.352 e. The van der Waals surface area contributed by atoms with Crippen molar-refractivity contribution in [2.75, 3.05) is 24.3 Å². The summed E-state index contributed by atoms with van der Waals surface area (Å²) in [6.07, 6.45) is 0.776. The molecule has 1 heterocycles. The van der Waals surface area contributed by atoms with Crippen molar-refractivity contribution in [3.63, 3.8) is 0 Å². The van der Waals surface area contributed by atoms with Crippen molar-refractivity contribution in [2.24, 2.45) is 0 Å². The molecule has 1 aromatic carbocycles. The summed E-state index contributed by atoms with van der Waals surface area (Å²) in [5.74, 6) is -0.835. The van der Waals surface area contributed by atoms with Crippen molar-refractivity contribution < 1.29 is 18.5 Å². The molecule has 6 nitrogen and oxygen atoms in total. The Balaban J connectivity index is 2.26. The summed E-state index contributed by atoms with van der Waals surface area (Å²) in [4.78, 5) is 25.7. The smallest absolute Gasteiger partial charge is 0.277 e. The number of benzene rings is 1. The maximum Gasteiger partial charge on any atom is 0.277 e. The van der Waals surface area contributed by atoms with Crippen LogP contribution >= 0.6 is 0 Å². The van der Waals surface area contributed by atoms with Gasteiger partial charge < -0.3 is 4.74 Å². The fourth-order valence-electron chi connectivity index (χ4n) is 1.95. The summed E-state index contributed by atoms with van der Waals surface area (Å²) in [5, 5.41) is 2.88. The molecule has 1 N–H and O–H groups in total. The third-order valence-electron chi connectivity index (χ3n) is 2.90. The van der Waals surface area contributed by atoms with Crippen LogP contribution in [-0.4, -0.2) is 41.7 Å². The Kier molecular flexibility index (Phi) is 4.64. The van der Waals surface area contributed by atoms with E-state index in [1.807, 2.05) is 0 Å². The summed E-state index contributed by atoms with van der Waals surface area (Å²) >= 11 is 0. The first-order chi connectivity index (χ1) is 9.50. The average Bonchev–Trinajstić information content (AvgIpc) is 2.93. The van der Waals surface area contributed by atoms with Crippen LogP contribution < -0.4 is 10.2 Å². The van der Waals surface area contributed by atoms with Crippen LogP contribution in [0.15, 0.2) is 29.2 Å². The van der Waals surface area contributed by atoms with Crippen LogP contribution in [0, 0.1) is 0 Å². The Morgan fingerprint density at radius 3 is 2.45 bits per heavy atom. The predicted octanol–water partition coefficient (Wildman–Crippen LogP) is 0.249. The minimum atomic E-state index is -1.10. The first-order valence-electron chi connectivity index (χ1n) is 6.13. The maximum atomic E-state index is 12.3. The van der Waals surface area contributed by atoms with Crippen molar-refractivity contribution >= 4 is 28.3 Å². The molecule has 0 spiro atoms. The van der Waals surface area contributed by atoms with Gasteiger partial charge in [-0.25, -0.2) is 4.90 Å². The molecule has 0 saturated carbocycles. The summed E-state index contributed by atoms with van der Waals surface area (Å²) in [6.45, 7) is 2.34. The van der Waals surface area contributed by atoms with Crippen molar-refractivity contribution in [1.82, 2.24) is 5.32 Å². The van der Waals surface area contributed by atoms with E-state index in [0.717, 1.165) is 4.90 Å². The minimum absolute atomic E-state index is 0.391. The molecular formula is C13H16N2O4S. The highest BCUT2D eigenvalue weighted by molar-refractivity contribution is 7.84. The Labute approximate surface area is 119 Å². The number of ether oxygens (including phenoxy) is 1. The molecule has 2 atom stereocenters. The number of nitrogens with one attached hydrogen (secondary N) is 1. The predicted molar refractivity (Wildman–Crippen MR) is 74.7 cm³/mol. The van der Waals surface area contributed by atoms with Gasteiger partial charge >= 0.3 is 0 Å². The van der Waals surface area contributed by atoms with Gasteiger partial charge in [-0.15, -0.1) is 0 Å². The molecule has 0 aromatic heterocycles. The zero-order chi connectivity index (χ0) is 14.7. The van der Waals surface area contributed by atoms with E-state index < -0.39 is 28.8 Å². The maximum absolute atomic E-state index is 12.3. The number of anilines is 1. The van der Waals surface area contributed by atoms with Crippen LogP contribution in [-0.2, 0) is 25.1 Å². The number of nitrogens with zero attached hydrogens (tertiary/aromatic N) is 1. The molecule has 1 aliphatic rings. The summed E-state index contributed by atoms with van der Waals surface area (Å²) in [5.41, 5.74) is 0.439. The van der Waals surface area contributed by atoms with E-state index in [2.05, 4.69) is 5.32 Å². The van der Waals surface area contributed by atoms with Gasteiger partial charge in [-0.1, -0.05) is 0 Å². The second-order valence-electron chi connectivity index (χ2n) is 4.35. The van der Waals surface area contributed by atoms with Gasteiger partial charge in [0.2, 0.25) is 5.91 Å². The quantitative estimate of drug-likeness (QED) is 0.865. The number of imide groups is 1. The fraction of sp³-hybridized carbons (Fsp3) is 0.385. The molecule has 20 heavy (non-hydrogen) atoms. The number of hydrogen-bond donors (Lipinski definition) is 1. The lowest BCUT2D eigenvalue weighted by molar-refractivity contribution is -0.132. The molecule has 1 saturated heterocycles. The largest absolute Gasteiger partial charge is 0.352 e. The van der Waals surface area contributed by atoms with E-state index in [4.69, 9.17) is 4.74 Å². The standard InChI is InChI=1S/C13H16N2O4S/c1-9(16)15(13(17)12-14-7-8-19-12)10-3-5-11(6-4-10)20(2)18/h3-6,12,14H,7-8H2,1-2H3. The van der Waals surface area contributed by atoms with Gasteiger partial charge in [0, 0.05) is 35.4 Å². The number of carbonyl (C=O) groups excluding carboxylic acids is 2. The Morgan fingerprint density at radius 1 is 1.35 bits per heavy atom. The molecule has 2 unspecified atom stereocenters. The van der Waals surface area contributed by atoms with Gasteiger partial charge in [0.25, 0.3) is 5.91 Å². The highest BCUT2D eigenvalue weighted by atomic mass is 32.2. The lowest BCUT2D eigenvalue weighted by Crippen LogP contribution is -2.46. The summed E-state index contributed by atoms with van der Waals surface area (Å²) in [7, 11) is -1.10. The van der Waals surface area contributed by atoms with Crippen LogP contribution in [0.5, 0.6) is 0 Å². The van der Waals surface area contributed by atoms with Crippen LogP contribution in [0.1, 0.15) is 6.92 Å². The Morgan fingerprint density at radius 2 is 2.00 bits per heavy atom. The molecule has 2 amide bonds. The fourth-order valence-corrected chi connectivity index (χ4v) is 2.47. The van der Waals surface area contributed by atoms with Crippen LogP contribution in [0.3, 0.4) is 0 Å². The number of amides is 2. The molecular weight excluding hydrogens is 280 g/mol. The molecule has 0 radical (unpaired) electrons. The van der Waals surface area contributed by atoms with Crippen LogP contribution in [0.25, 0.3) is 0 Å². The first kappa shape index (κ1) is 14.8. The van der Waals surface area contributed by atoms with E-state index >= 15 is 0 Å². The molecule has 1 aliphatic heterocycles. The van der Waals surface area contributed by atoms with E-state index in [9.17, 15) is 13.8 Å². The van der Waals surface area contributed by atoms with Crippen molar-refractivity contribution in [3.8, 4) is 0 Å². The van der Waals surface area contributed by atoms with Crippen molar-refractivity contribution in [2.45, 2.75) is 18.0 Å². The van der Waals surface area contributed by atoms with Gasteiger partial charge in [0.1, 0.15) is 0 Å². The third kappa shape index (κ3) is 3.12. The first-order valence-corrected chi connectivity index (χ1v) is 7.69.